The predicted octanol–water partition coefficient (Wildman–Crippen LogP) is 0.742. The summed E-state index contributed by atoms with van der Waals surface area (Å²) in [6, 6.07) is 0. The average molecular weight is 219 g/mol. The van der Waals surface area contributed by atoms with Crippen molar-refractivity contribution in [3.8, 4) is 0 Å². The molecular weight excluding hydrogens is 194 g/mol. The van der Waals surface area contributed by atoms with Crippen LogP contribution in [0.25, 0.3) is 0 Å². The maximum Gasteiger partial charge on any atom is 0.0743 e. The van der Waals surface area contributed by atoms with Crippen LogP contribution in [0.1, 0.15) is 20.3 Å². The first-order valence-electron chi connectivity index (χ1n) is 5.48. The molecule has 0 heterocycles. The van der Waals surface area contributed by atoms with E-state index in [9.17, 15) is 5.11 Å². The Morgan fingerprint density at radius 1 is 1.13 bits per heavy atom. The highest BCUT2D eigenvalue weighted by Crippen LogP contribution is 2.10. The summed E-state index contributed by atoms with van der Waals surface area (Å²) in [6.45, 7) is 7.54. The van der Waals surface area contributed by atoms with Gasteiger partial charge in [0.05, 0.1) is 18.8 Å². The van der Waals surface area contributed by atoms with Crippen LogP contribution in [-0.4, -0.2) is 62.7 Å². The molecule has 1 N–H and O–H groups in total. The third kappa shape index (κ3) is 7.73. The molecule has 4 nitrogen and oxygen atoms in total. The lowest BCUT2D eigenvalue weighted by atomic mass is 10.0. The maximum atomic E-state index is 9.97. The summed E-state index contributed by atoms with van der Waals surface area (Å²) >= 11 is 0. The fraction of sp³-hybridized carbons (Fsp3) is 1.00. The van der Waals surface area contributed by atoms with Gasteiger partial charge in [-0.25, -0.2) is 0 Å². The van der Waals surface area contributed by atoms with Gasteiger partial charge >= 0.3 is 0 Å². The molecule has 0 fully saturated rings. The van der Waals surface area contributed by atoms with Gasteiger partial charge in [0.25, 0.3) is 0 Å². The Kier molecular flexibility index (Phi) is 7.96. The first kappa shape index (κ1) is 14.8. The molecule has 0 spiro atoms. The quantitative estimate of drug-likeness (QED) is 0.621. The number of aliphatic hydroxyl groups is 1. The minimum Gasteiger partial charge on any atom is -0.389 e. The molecule has 0 aromatic carbocycles. The highest BCUT2D eigenvalue weighted by molar-refractivity contribution is 4.75. The van der Waals surface area contributed by atoms with Crippen molar-refractivity contribution in [1.82, 2.24) is 4.90 Å². The zero-order chi connectivity index (χ0) is 11.7. The van der Waals surface area contributed by atoms with Gasteiger partial charge < -0.3 is 14.6 Å². The molecule has 0 aliphatic heterocycles. The molecule has 0 rings (SSSR count). The van der Waals surface area contributed by atoms with E-state index in [1.165, 1.54) is 0 Å². The zero-order valence-corrected chi connectivity index (χ0v) is 10.5. The number of ether oxygens (including phenoxy) is 2. The minimum absolute atomic E-state index is 0.624. The van der Waals surface area contributed by atoms with Crippen molar-refractivity contribution < 1.29 is 14.6 Å². The lowest BCUT2D eigenvalue weighted by molar-refractivity contribution is 0.00304. The second-order valence-electron chi connectivity index (χ2n) is 4.11. The van der Waals surface area contributed by atoms with Crippen molar-refractivity contribution in [3.05, 3.63) is 0 Å². The molecular formula is C11H25NO3. The van der Waals surface area contributed by atoms with Gasteiger partial charge in [-0.3, -0.25) is 4.90 Å². The van der Waals surface area contributed by atoms with Gasteiger partial charge in [-0.2, -0.15) is 0 Å². The van der Waals surface area contributed by atoms with Crippen molar-refractivity contribution in [2.45, 2.75) is 25.9 Å². The summed E-state index contributed by atoms with van der Waals surface area (Å²) in [7, 11) is 3.37. The maximum absolute atomic E-state index is 9.97. The predicted molar refractivity (Wildman–Crippen MR) is 61.1 cm³/mol. The molecule has 0 aromatic heterocycles. The SMILES string of the molecule is CCC(C)(O)CN(CCOC)CCOC. The molecule has 0 aliphatic rings. The molecule has 0 amide bonds. The van der Waals surface area contributed by atoms with E-state index in [1.54, 1.807) is 14.2 Å². The second-order valence-corrected chi connectivity index (χ2v) is 4.11. The molecule has 92 valence electrons. The Morgan fingerprint density at radius 3 is 1.93 bits per heavy atom. The van der Waals surface area contributed by atoms with Gasteiger partial charge in [0.15, 0.2) is 0 Å². The molecule has 0 radical (unpaired) electrons. The van der Waals surface area contributed by atoms with Crippen LogP contribution >= 0.6 is 0 Å². The Labute approximate surface area is 93.2 Å². The van der Waals surface area contributed by atoms with E-state index in [0.717, 1.165) is 19.5 Å². The van der Waals surface area contributed by atoms with E-state index in [-0.39, 0.29) is 0 Å². The average Bonchev–Trinajstić information content (AvgIpc) is 2.22. The van der Waals surface area contributed by atoms with Gasteiger partial charge in [0.2, 0.25) is 0 Å². The number of hydrogen-bond donors (Lipinski definition) is 1. The molecule has 1 atom stereocenters. The van der Waals surface area contributed by atoms with E-state index in [4.69, 9.17) is 9.47 Å². The van der Waals surface area contributed by atoms with Gasteiger partial charge in [0, 0.05) is 33.9 Å². The summed E-state index contributed by atoms with van der Waals surface area (Å²) in [5.74, 6) is 0. The van der Waals surface area contributed by atoms with Crippen LogP contribution in [0.4, 0.5) is 0 Å². The third-order valence-electron chi connectivity index (χ3n) is 2.55. The number of nitrogens with zero attached hydrogens (tertiary/aromatic N) is 1. The van der Waals surface area contributed by atoms with Crippen molar-refractivity contribution in [2.24, 2.45) is 0 Å². The molecule has 0 aromatic rings. The first-order valence-corrected chi connectivity index (χ1v) is 5.48. The van der Waals surface area contributed by atoms with Crippen LogP contribution in [-0.2, 0) is 9.47 Å². The lowest BCUT2D eigenvalue weighted by Gasteiger charge is -2.30. The molecule has 0 aliphatic carbocycles. The summed E-state index contributed by atoms with van der Waals surface area (Å²) in [4.78, 5) is 2.16. The van der Waals surface area contributed by atoms with Gasteiger partial charge in [-0.05, 0) is 13.3 Å². The molecule has 0 saturated heterocycles. The summed E-state index contributed by atoms with van der Waals surface area (Å²) in [6.07, 6.45) is 0.753. The van der Waals surface area contributed by atoms with Crippen LogP contribution in [0, 0.1) is 0 Å². The Balaban J connectivity index is 3.98. The van der Waals surface area contributed by atoms with E-state index < -0.39 is 5.60 Å². The van der Waals surface area contributed by atoms with E-state index >= 15 is 0 Å². The van der Waals surface area contributed by atoms with Crippen LogP contribution in [0.3, 0.4) is 0 Å². The molecule has 1 unspecified atom stereocenters. The minimum atomic E-state index is -0.624. The van der Waals surface area contributed by atoms with Crippen LogP contribution in [0.2, 0.25) is 0 Å². The normalized spacial score (nSPS) is 15.6. The first-order chi connectivity index (χ1) is 7.05. The fourth-order valence-corrected chi connectivity index (χ4v) is 1.30. The van der Waals surface area contributed by atoms with Gasteiger partial charge in [-0.1, -0.05) is 6.92 Å². The van der Waals surface area contributed by atoms with E-state index in [2.05, 4.69) is 4.90 Å². The second kappa shape index (κ2) is 8.05. The Morgan fingerprint density at radius 2 is 1.60 bits per heavy atom. The van der Waals surface area contributed by atoms with Gasteiger partial charge in [0.1, 0.15) is 0 Å². The number of hydrogen-bond acceptors (Lipinski definition) is 4. The van der Waals surface area contributed by atoms with E-state index in [0.29, 0.717) is 19.8 Å². The third-order valence-corrected chi connectivity index (χ3v) is 2.55. The summed E-state index contributed by atoms with van der Waals surface area (Å²) in [5.41, 5.74) is -0.624. The molecule has 0 bridgehead atoms. The van der Waals surface area contributed by atoms with Gasteiger partial charge in [-0.15, -0.1) is 0 Å². The molecule has 15 heavy (non-hydrogen) atoms. The Hall–Kier alpha value is -0.160. The highest BCUT2D eigenvalue weighted by Gasteiger charge is 2.21. The smallest absolute Gasteiger partial charge is 0.0743 e. The van der Waals surface area contributed by atoms with Crippen molar-refractivity contribution in [1.29, 1.82) is 0 Å². The summed E-state index contributed by atoms with van der Waals surface area (Å²) in [5, 5.41) is 9.97. The number of rotatable bonds is 9. The van der Waals surface area contributed by atoms with Crippen molar-refractivity contribution >= 4 is 0 Å². The highest BCUT2D eigenvalue weighted by atomic mass is 16.5. The fourth-order valence-electron chi connectivity index (χ4n) is 1.30. The largest absolute Gasteiger partial charge is 0.389 e. The number of methoxy groups -OCH3 is 2. The molecule has 4 heteroatoms. The van der Waals surface area contributed by atoms with Crippen LogP contribution in [0.15, 0.2) is 0 Å². The standard InChI is InChI=1S/C11H25NO3/c1-5-11(2,13)10-12(6-8-14-3)7-9-15-4/h13H,5-10H2,1-4H3. The van der Waals surface area contributed by atoms with Crippen LogP contribution in [0.5, 0.6) is 0 Å². The Bertz CT molecular complexity index is 143. The van der Waals surface area contributed by atoms with E-state index in [1.807, 2.05) is 13.8 Å². The monoisotopic (exact) mass is 219 g/mol. The lowest BCUT2D eigenvalue weighted by Crippen LogP contribution is -2.43. The van der Waals surface area contributed by atoms with Crippen molar-refractivity contribution in [3.63, 3.8) is 0 Å². The summed E-state index contributed by atoms with van der Waals surface area (Å²) < 4.78 is 10.1. The topological polar surface area (TPSA) is 41.9 Å². The zero-order valence-electron chi connectivity index (χ0n) is 10.5. The van der Waals surface area contributed by atoms with Crippen LogP contribution < -0.4 is 0 Å². The molecule has 0 saturated carbocycles. The van der Waals surface area contributed by atoms with Crippen molar-refractivity contribution in [2.75, 3.05) is 47.1 Å².